The summed E-state index contributed by atoms with van der Waals surface area (Å²) >= 11 is 5.67. The van der Waals surface area contributed by atoms with Gasteiger partial charge in [0.05, 0.1) is 12.2 Å². The second kappa shape index (κ2) is 5.32. The summed E-state index contributed by atoms with van der Waals surface area (Å²) in [5, 5.41) is 8.16. The molecule has 0 aliphatic heterocycles. The highest BCUT2D eigenvalue weighted by Crippen LogP contribution is 2.11. The Morgan fingerprint density at radius 3 is 2.76 bits per heavy atom. The van der Waals surface area contributed by atoms with E-state index in [-0.39, 0.29) is 0 Å². The van der Waals surface area contributed by atoms with Gasteiger partial charge in [-0.2, -0.15) is 0 Å². The van der Waals surface area contributed by atoms with Crippen molar-refractivity contribution in [2.75, 3.05) is 5.88 Å². The Bertz CT molecular complexity index is 505. The molecule has 2 aromatic rings. The van der Waals surface area contributed by atoms with E-state index in [9.17, 15) is 0 Å². The summed E-state index contributed by atoms with van der Waals surface area (Å²) in [5.74, 6) is 0.586. The zero-order valence-corrected chi connectivity index (χ0v) is 10.9. The zero-order chi connectivity index (χ0) is 12.3. The highest BCUT2D eigenvalue weighted by atomic mass is 35.5. The van der Waals surface area contributed by atoms with E-state index in [1.807, 2.05) is 10.9 Å². The van der Waals surface area contributed by atoms with Crippen molar-refractivity contribution in [2.45, 2.75) is 26.8 Å². The van der Waals surface area contributed by atoms with Crippen molar-refractivity contribution in [3.05, 3.63) is 46.8 Å². The third-order valence-electron chi connectivity index (χ3n) is 2.85. The molecule has 0 atom stereocenters. The lowest BCUT2D eigenvalue weighted by Gasteiger charge is -2.04. The first-order chi connectivity index (χ1) is 8.19. The topological polar surface area (TPSA) is 30.7 Å². The molecular weight excluding hydrogens is 234 g/mol. The first-order valence-electron chi connectivity index (χ1n) is 5.70. The van der Waals surface area contributed by atoms with Gasteiger partial charge in [-0.15, -0.1) is 16.7 Å². The second-order valence-electron chi connectivity index (χ2n) is 4.27. The van der Waals surface area contributed by atoms with Gasteiger partial charge in [0, 0.05) is 18.5 Å². The molecular formula is C13H16ClN3. The van der Waals surface area contributed by atoms with Gasteiger partial charge in [0.1, 0.15) is 0 Å². The maximum Gasteiger partial charge on any atom is 0.0839 e. The van der Waals surface area contributed by atoms with Gasteiger partial charge in [-0.05, 0) is 30.5 Å². The average molecular weight is 250 g/mol. The SMILES string of the molecule is Cc1ccc(Cn2cc(CCCl)nn2)cc1C. The van der Waals surface area contributed by atoms with Crippen LogP contribution < -0.4 is 0 Å². The Labute approximate surface area is 106 Å². The third-order valence-corrected chi connectivity index (χ3v) is 3.04. The Hall–Kier alpha value is -1.35. The maximum atomic E-state index is 5.67. The third kappa shape index (κ3) is 3.07. The van der Waals surface area contributed by atoms with Crippen LogP contribution in [0, 0.1) is 13.8 Å². The predicted molar refractivity (Wildman–Crippen MR) is 69.5 cm³/mol. The molecule has 0 saturated heterocycles. The number of hydrogen-bond donors (Lipinski definition) is 0. The number of alkyl halides is 1. The lowest BCUT2D eigenvalue weighted by Crippen LogP contribution is -2.01. The van der Waals surface area contributed by atoms with E-state index < -0.39 is 0 Å². The van der Waals surface area contributed by atoms with E-state index in [1.54, 1.807) is 0 Å². The predicted octanol–water partition coefficient (Wildman–Crippen LogP) is 2.72. The molecule has 4 heteroatoms. The molecule has 3 nitrogen and oxygen atoms in total. The van der Waals surface area contributed by atoms with Gasteiger partial charge in [0.25, 0.3) is 0 Å². The fourth-order valence-corrected chi connectivity index (χ4v) is 1.91. The molecule has 0 aliphatic carbocycles. The minimum atomic E-state index is 0.586. The summed E-state index contributed by atoms with van der Waals surface area (Å²) in [4.78, 5) is 0. The molecule has 0 bridgehead atoms. The molecule has 0 spiro atoms. The molecule has 17 heavy (non-hydrogen) atoms. The molecule has 0 radical (unpaired) electrons. The summed E-state index contributed by atoms with van der Waals surface area (Å²) in [6.45, 7) is 5.00. The highest BCUT2D eigenvalue weighted by Gasteiger charge is 2.02. The van der Waals surface area contributed by atoms with Gasteiger partial charge in [-0.1, -0.05) is 23.4 Å². The Kier molecular flexibility index (Phi) is 3.79. The highest BCUT2D eigenvalue weighted by molar-refractivity contribution is 6.17. The molecule has 0 amide bonds. The second-order valence-corrected chi connectivity index (χ2v) is 4.64. The van der Waals surface area contributed by atoms with Crippen molar-refractivity contribution >= 4 is 11.6 Å². The zero-order valence-electron chi connectivity index (χ0n) is 10.2. The molecule has 0 fully saturated rings. The van der Waals surface area contributed by atoms with Crippen LogP contribution in [0.1, 0.15) is 22.4 Å². The lowest BCUT2D eigenvalue weighted by molar-refractivity contribution is 0.649. The van der Waals surface area contributed by atoms with Crippen LogP contribution in [0.5, 0.6) is 0 Å². The van der Waals surface area contributed by atoms with E-state index in [0.29, 0.717) is 5.88 Å². The summed E-state index contributed by atoms with van der Waals surface area (Å²) in [6.07, 6.45) is 2.73. The maximum absolute atomic E-state index is 5.67. The number of aromatic nitrogens is 3. The van der Waals surface area contributed by atoms with Crippen molar-refractivity contribution in [3.8, 4) is 0 Å². The van der Waals surface area contributed by atoms with Gasteiger partial charge in [-0.25, -0.2) is 4.68 Å². The molecule has 1 heterocycles. The molecule has 1 aromatic heterocycles. The molecule has 1 aromatic carbocycles. The van der Waals surface area contributed by atoms with Crippen LogP contribution in [0.2, 0.25) is 0 Å². The van der Waals surface area contributed by atoms with Crippen molar-refractivity contribution in [1.82, 2.24) is 15.0 Å². The number of halogens is 1. The van der Waals surface area contributed by atoms with E-state index in [4.69, 9.17) is 11.6 Å². The minimum absolute atomic E-state index is 0.586. The molecule has 0 unspecified atom stereocenters. The van der Waals surface area contributed by atoms with Crippen LogP contribution in [0.3, 0.4) is 0 Å². The van der Waals surface area contributed by atoms with Crippen LogP contribution in [0.25, 0.3) is 0 Å². The smallest absolute Gasteiger partial charge is 0.0839 e. The number of hydrogen-bond acceptors (Lipinski definition) is 2. The Morgan fingerprint density at radius 2 is 2.06 bits per heavy atom. The van der Waals surface area contributed by atoms with Crippen molar-refractivity contribution in [2.24, 2.45) is 0 Å². The summed E-state index contributed by atoms with van der Waals surface area (Å²) in [7, 11) is 0. The summed E-state index contributed by atoms with van der Waals surface area (Å²) < 4.78 is 1.85. The largest absolute Gasteiger partial charge is 0.248 e. The fraction of sp³-hybridized carbons (Fsp3) is 0.385. The first kappa shape index (κ1) is 12.1. The van der Waals surface area contributed by atoms with Crippen LogP contribution in [-0.4, -0.2) is 20.9 Å². The van der Waals surface area contributed by atoms with Crippen LogP contribution in [0.15, 0.2) is 24.4 Å². The van der Waals surface area contributed by atoms with Crippen LogP contribution in [0.4, 0.5) is 0 Å². The fourth-order valence-electron chi connectivity index (χ4n) is 1.72. The molecule has 0 N–H and O–H groups in total. The minimum Gasteiger partial charge on any atom is -0.248 e. The van der Waals surface area contributed by atoms with E-state index in [0.717, 1.165) is 18.7 Å². The van der Waals surface area contributed by atoms with Gasteiger partial charge < -0.3 is 0 Å². The average Bonchev–Trinajstić information content (AvgIpc) is 2.72. The Balaban J connectivity index is 2.11. The molecule has 0 saturated carbocycles. The van der Waals surface area contributed by atoms with Crippen molar-refractivity contribution in [3.63, 3.8) is 0 Å². The summed E-state index contributed by atoms with van der Waals surface area (Å²) in [6, 6.07) is 6.46. The molecule has 2 rings (SSSR count). The standard InChI is InChI=1S/C13H16ClN3/c1-10-3-4-12(7-11(10)2)8-17-9-13(5-6-14)15-16-17/h3-4,7,9H,5-6,8H2,1-2H3. The normalized spacial score (nSPS) is 10.8. The van der Waals surface area contributed by atoms with Crippen LogP contribution >= 0.6 is 11.6 Å². The van der Waals surface area contributed by atoms with Gasteiger partial charge >= 0.3 is 0 Å². The van der Waals surface area contributed by atoms with Gasteiger partial charge in [0.2, 0.25) is 0 Å². The number of aryl methyl sites for hydroxylation is 3. The first-order valence-corrected chi connectivity index (χ1v) is 6.23. The lowest BCUT2D eigenvalue weighted by atomic mass is 10.1. The van der Waals surface area contributed by atoms with E-state index >= 15 is 0 Å². The monoisotopic (exact) mass is 249 g/mol. The van der Waals surface area contributed by atoms with Gasteiger partial charge in [-0.3, -0.25) is 0 Å². The Morgan fingerprint density at radius 1 is 1.24 bits per heavy atom. The number of rotatable bonds is 4. The van der Waals surface area contributed by atoms with Gasteiger partial charge in [0.15, 0.2) is 0 Å². The van der Waals surface area contributed by atoms with Crippen LogP contribution in [-0.2, 0) is 13.0 Å². The van der Waals surface area contributed by atoms with Crippen molar-refractivity contribution in [1.29, 1.82) is 0 Å². The summed E-state index contributed by atoms with van der Waals surface area (Å²) in [5.41, 5.74) is 4.82. The number of benzene rings is 1. The quantitative estimate of drug-likeness (QED) is 0.780. The molecule has 90 valence electrons. The van der Waals surface area contributed by atoms with Crippen molar-refractivity contribution < 1.29 is 0 Å². The molecule has 0 aliphatic rings. The van der Waals surface area contributed by atoms with E-state index in [1.165, 1.54) is 16.7 Å². The number of nitrogens with zero attached hydrogens (tertiary/aromatic N) is 3. The van der Waals surface area contributed by atoms with E-state index in [2.05, 4.69) is 42.4 Å².